The van der Waals surface area contributed by atoms with Crippen LogP contribution in [0, 0.1) is 5.92 Å². The van der Waals surface area contributed by atoms with E-state index in [1.807, 2.05) is 42.5 Å². The summed E-state index contributed by atoms with van der Waals surface area (Å²) in [5.74, 6) is 1.64. The maximum atomic E-state index is 12.3. The molecule has 0 fully saturated rings. The fraction of sp³-hybridized carbons (Fsp3) is 0.350. The van der Waals surface area contributed by atoms with Crippen molar-refractivity contribution < 1.29 is 4.79 Å². The average molecular weight is 321 g/mol. The van der Waals surface area contributed by atoms with Gasteiger partial charge in [0.2, 0.25) is 0 Å². The van der Waals surface area contributed by atoms with Crippen molar-refractivity contribution >= 4 is 11.6 Å². The van der Waals surface area contributed by atoms with E-state index in [1.54, 1.807) is 6.20 Å². The Hall–Kier alpha value is -2.49. The smallest absolute Gasteiger partial charge is 0.168 e. The molecule has 2 heterocycles. The molecule has 3 rings (SSSR count). The molecule has 1 aliphatic rings. The molecule has 4 heteroatoms. The molecule has 124 valence electrons. The lowest BCUT2D eigenvalue weighted by Gasteiger charge is -2.14. The van der Waals surface area contributed by atoms with E-state index in [9.17, 15) is 4.79 Å². The summed E-state index contributed by atoms with van der Waals surface area (Å²) in [6, 6.07) is 13.7. The Balaban J connectivity index is 1.68. The second kappa shape index (κ2) is 7.39. The van der Waals surface area contributed by atoms with E-state index in [0.29, 0.717) is 18.4 Å². The highest BCUT2D eigenvalue weighted by Gasteiger charge is 2.20. The van der Waals surface area contributed by atoms with Crippen LogP contribution in [0.3, 0.4) is 0 Å². The maximum absolute atomic E-state index is 12.3. The van der Waals surface area contributed by atoms with Gasteiger partial charge in [-0.25, -0.2) is 0 Å². The molecule has 0 spiro atoms. The lowest BCUT2D eigenvalue weighted by molar-refractivity contribution is 0.0992. The van der Waals surface area contributed by atoms with Gasteiger partial charge in [0.1, 0.15) is 5.84 Å². The molecular weight excluding hydrogens is 298 g/mol. The number of aliphatic imine (C=N–C) groups is 1. The van der Waals surface area contributed by atoms with Crippen LogP contribution in [0.4, 0.5) is 0 Å². The SMILES string of the molecule is CC(C)CC1CN=C(c2ccnc(CC(=O)c3ccccc3)c2)N1. The van der Waals surface area contributed by atoms with Gasteiger partial charge in [0, 0.05) is 29.1 Å². The number of pyridine rings is 1. The van der Waals surface area contributed by atoms with Crippen LogP contribution in [0.1, 0.15) is 41.9 Å². The van der Waals surface area contributed by atoms with Crippen LogP contribution in [-0.4, -0.2) is 29.2 Å². The molecule has 24 heavy (non-hydrogen) atoms. The third-order valence-corrected chi connectivity index (χ3v) is 4.09. The summed E-state index contributed by atoms with van der Waals surface area (Å²) >= 11 is 0. The third kappa shape index (κ3) is 4.07. The van der Waals surface area contributed by atoms with E-state index in [-0.39, 0.29) is 5.78 Å². The van der Waals surface area contributed by atoms with Crippen molar-refractivity contribution in [3.63, 3.8) is 0 Å². The predicted molar refractivity (Wildman–Crippen MR) is 96.5 cm³/mol. The average Bonchev–Trinajstić information content (AvgIpc) is 3.03. The Kier molecular flexibility index (Phi) is 5.04. The Morgan fingerprint density at radius 3 is 2.79 bits per heavy atom. The number of carbonyl (C=O) groups excluding carboxylic acids is 1. The molecule has 2 aromatic rings. The molecule has 0 radical (unpaired) electrons. The minimum Gasteiger partial charge on any atom is -0.365 e. The summed E-state index contributed by atoms with van der Waals surface area (Å²) in [6.45, 7) is 5.26. The predicted octanol–water partition coefficient (Wildman–Crippen LogP) is 3.27. The van der Waals surface area contributed by atoms with E-state index < -0.39 is 0 Å². The first kappa shape index (κ1) is 16.4. The number of nitrogens with zero attached hydrogens (tertiary/aromatic N) is 2. The van der Waals surface area contributed by atoms with Crippen LogP contribution in [0.5, 0.6) is 0 Å². The molecule has 0 bridgehead atoms. The fourth-order valence-electron chi connectivity index (χ4n) is 2.98. The molecule has 4 nitrogen and oxygen atoms in total. The lowest BCUT2D eigenvalue weighted by atomic mass is 10.0. The zero-order valence-corrected chi connectivity index (χ0v) is 14.2. The standard InChI is InChI=1S/C20H23N3O/c1-14(2)10-18-13-22-20(23-18)16-8-9-21-17(11-16)12-19(24)15-6-4-3-5-7-15/h3-9,11,14,18H,10,12-13H2,1-2H3,(H,22,23). The van der Waals surface area contributed by atoms with E-state index >= 15 is 0 Å². The van der Waals surface area contributed by atoms with E-state index in [4.69, 9.17) is 0 Å². The first-order valence-corrected chi connectivity index (χ1v) is 8.46. The molecule has 1 aliphatic heterocycles. The molecule has 0 saturated heterocycles. The van der Waals surface area contributed by atoms with Crippen molar-refractivity contribution in [2.75, 3.05) is 6.54 Å². The van der Waals surface area contributed by atoms with Gasteiger partial charge < -0.3 is 5.32 Å². The highest BCUT2D eigenvalue weighted by atomic mass is 16.1. The number of aromatic nitrogens is 1. The molecule has 1 aromatic carbocycles. The molecule has 1 atom stereocenters. The molecule has 1 unspecified atom stereocenters. The van der Waals surface area contributed by atoms with Crippen molar-refractivity contribution in [2.45, 2.75) is 32.7 Å². The van der Waals surface area contributed by atoms with Gasteiger partial charge in [-0.15, -0.1) is 0 Å². The number of hydrogen-bond acceptors (Lipinski definition) is 4. The second-order valence-electron chi connectivity index (χ2n) is 6.66. The Morgan fingerprint density at radius 1 is 1.25 bits per heavy atom. The first-order chi connectivity index (χ1) is 11.6. The van der Waals surface area contributed by atoms with Crippen LogP contribution in [0.15, 0.2) is 53.7 Å². The normalized spacial score (nSPS) is 16.8. The first-order valence-electron chi connectivity index (χ1n) is 8.46. The van der Waals surface area contributed by atoms with E-state index in [0.717, 1.165) is 35.6 Å². The number of benzene rings is 1. The van der Waals surface area contributed by atoms with Gasteiger partial charge in [0.05, 0.1) is 13.0 Å². The Morgan fingerprint density at radius 2 is 2.04 bits per heavy atom. The van der Waals surface area contributed by atoms with Gasteiger partial charge >= 0.3 is 0 Å². The number of amidine groups is 1. The molecule has 1 aromatic heterocycles. The Bertz CT molecular complexity index is 738. The topological polar surface area (TPSA) is 54.4 Å². The van der Waals surface area contributed by atoms with Crippen molar-refractivity contribution in [3.8, 4) is 0 Å². The minimum atomic E-state index is 0.0826. The summed E-state index contributed by atoms with van der Waals surface area (Å²) in [6.07, 6.45) is 3.17. The molecule has 0 saturated carbocycles. The van der Waals surface area contributed by atoms with Gasteiger partial charge in [-0.2, -0.15) is 0 Å². The minimum absolute atomic E-state index is 0.0826. The third-order valence-electron chi connectivity index (χ3n) is 4.09. The van der Waals surface area contributed by atoms with Gasteiger partial charge in [-0.05, 0) is 24.5 Å². The van der Waals surface area contributed by atoms with Crippen LogP contribution in [0.25, 0.3) is 0 Å². The van der Waals surface area contributed by atoms with Gasteiger partial charge in [0.25, 0.3) is 0 Å². The monoisotopic (exact) mass is 321 g/mol. The fourth-order valence-corrected chi connectivity index (χ4v) is 2.98. The summed E-state index contributed by atoms with van der Waals surface area (Å²) < 4.78 is 0. The molecule has 1 N–H and O–H groups in total. The van der Waals surface area contributed by atoms with E-state index in [2.05, 4.69) is 29.1 Å². The van der Waals surface area contributed by atoms with Crippen LogP contribution in [-0.2, 0) is 6.42 Å². The summed E-state index contributed by atoms with van der Waals surface area (Å²) in [7, 11) is 0. The number of Topliss-reactive ketones (excluding diaryl/α,β-unsaturated/α-hetero) is 1. The summed E-state index contributed by atoms with van der Waals surface area (Å²) in [5, 5.41) is 3.49. The largest absolute Gasteiger partial charge is 0.365 e. The van der Waals surface area contributed by atoms with Crippen molar-refractivity contribution in [2.24, 2.45) is 10.9 Å². The van der Waals surface area contributed by atoms with Crippen molar-refractivity contribution in [1.82, 2.24) is 10.3 Å². The molecule has 0 amide bonds. The van der Waals surface area contributed by atoms with Crippen molar-refractivity contribution in [1.29, 1.82) is 0 Å². The molecule has 0 aliphatic carbocycles. The van der Waals surface area contributed by atoms with Gasteiger partial charge in [-0.1, -0.05) is 44.2 Å². The number of rotatable bonds is 6. The van der Waals surface area contributed by atoms with Gasteiger partial charge in [0.15, 0.2) is 5.78 Å². The summed E-state index contributed by atoms with van der Waals surface area (Å²) in [5.41, 5.74) is 2.50. The molecular formula is C20H23N3O. The number of nitrogens with one attached hydrogen (secondary N) is 1. The maximum Gasteiger partial charge on any atom is 0.168 e. The summed E-state index contributed by atoms with van der Waals surface area (Å²) in [4.78, 5) is 21.3. The van der Waals surface area contributed by atoms with Crippen molar-refractivity contribution in [3.05, 3.63) is 65.5 Å². The zero-order chi connectivity index (χ0) is 16.9. The highest BCUT2D eigenvalue weighted by molar-refractivity contribution is 6.01. The van der Waals surface area contributed by atoms with Gasteiger partial charge in [-0.3, -0.25) is 14.8 Å². The highest BCUT2D eigenvalue weighted by Crippen LogP contribution is 2.14. The van der Waals surface area contributed by atoms with E-state index in [1.165, 1.54) is 0 Å². The number of carbonyl (C=O) groups is 1. The van der Waals surface area contributed by atoms with Crippen LogP contribution < -0.4 is 5.32 Å². The van der Waals surface area contributed by atoms with Crippen LogP contribution in [0.2, 0.25) is 0 Å². The quantitative estimate of drug-likeness (QED) is 0.831. The number of ketones is 1. The van der Waals surface area contributed by atoms with Crippen LogP contribution >= 0.6 is 0 Å². The second-order valence-corrected chi connectivity index (χ2v) is 6.66. The lowest BCUT2D eigenvalue weighted by Crippen LogP contribution is -2.31. The number of hydrogen-bond donors (Lipinski definition) is 1. The Labute approximate surface area is 143 Å². The zero-order valence-electron chi connectivity index (χ0n) is 14.2.